The van der Waals surface area contributed by atoms with Gasteiger partial charge in [0.1, 0.15) is 11.6 Å². The predicted molar refractivity (Wildman–Crippen MR) is 216 cm³/mol. The van der Waals surface area contributed by atoms with Crippen LogP contribution in [-0.4, -0.2) is 80.2 Å². The van der Waals surface area contributed by atoms with E-state index < -0.39 is 0 Å². The van der Waals surface area contributed by atoms with E-state index in [-0.39, 0.29) is 17.6 Å². The predicted octanol–water partition coefficient (Wildman–Crippen LogP) is 6.66. The lowest BCUT2D eigenvalue weighted by atomic mass is 10.1. The van der Waals surface area contributed by atoms with E-state index in [9.17, 15) is 14.7 Å². The second-order valence-electron chi connectivity index (χ2n) is 12.4. The van der Waals surface area contributed by atoms with Crippen molar-refractivity contribution >= 4 is 35.0 Å². The van der Waals surface area contributed by atoms with Crippen molar-refractivity contribution in [2.75, 3.05) is 57.2 Å². The summed E-state index contributed by atoms with van der Waals surface area (Å²) in [6.07, 6.45) is 0.746. The maximum Gasteiger partial charge on any atom is 0.253 e. The number of nitrogens with one attached hydrogen (secondary N) is 4. The first-order chi connectivity index (χ1) is 26.2. The first-order valence-corrected chi connectivity index (χ1v) is 18.0. The minimum atomic E-state index is -0.129. The molecule has 0 spiro atoms. The Morgan fingerprint density at radius 3 is 2.02 bits per heavy atom. The molecule has 284 valence electrons. The summed E-state index contributed by atoms with van der Waals surface area (Å²) < 4.78 is 11.2. The van der Waals surface area contributed by atoms with Gasteiger partial charge in [-0.1, -0.05) is 55.5 Å². The number of rotatable bonds is 18. The lowest BCUT2D eigenvalue weighted by Gasteiger charge is -2.18. The zero-order valence-electron chi connectivity index (χ0n) is 31.5. The molecular weight excluding hydrogens is 683 g/mol. The third-order valence-corrected chi connectivity index (χ3v) is 8.12. The number of ether oxygens (including phenoxy) is 2. The van der Waals surface area contributed by atoms with Crippen molar-refractivity contribution in [2.24, 2.45) is 9.98 Å². The first-order valence-electron chi connectivity index (χ1n) is 18.0. The number of nitrogens with zero attached hydrogens (tertiary/aromatic N) is 3. The molecule has 12 heteroatoms. The molecule has 4 rings (SSSR count). The highest BCUT2D eigenvalue weighted by Crippen LogP contribution is 2.19. The van der Waals surface area contributed by atoms with Crippen molar-refractivity contribution in [3.63, 3.8) is 0 Å². The Hall–Kier alpha value is -5.98. The molecule has 5 N–H and O–H groups in total. The summed E-state index contributed by atoms with van der Waals surface area (Å²) in [6.45, 7) is 8.84. The Kier molecular flexibility index (Phi) is 16.7. The Morgan fingerprint density at radius 2 is 1.35 bits per heavy atom. The highest BCUT2D eigenvalue weighted by Gasteiger charge is 2.13. The molecule has 12 nitrogen and oxygen atoms in total. The van der Waals surface area contributed by atoms with Gasteiger partial charge in [-0.3, -0.25) is 14.6 Å². The number of benzene rings is 4. The summed E-state index contributed by atoms with van der Waals surface area (Å²) in [5.41, 5.74) is 4.76. The van der Waals surface area contributed by atoms with E-state index in [0.717, 1.165) is 23.2 Å². The Morgan fingerprint density at radius 1 is 0.741 bits per heavy atom. The molecule has 2 amide bonds. The highest BCUT2D eigenvalue weighted by molar-refractivity contribution is 6.05. The number of aliphatic imine (C=N–C) groups is 2. The van der Waals surface area contributed by atoms with Crippen LogP contribution in [-0.2, 0) is 16.0 Å². The number of anilines is 2. The summed E-state index contributed by atoms with van der Waals surface area (Å²) in [5, 5.41) is 22.6. The fourth-order valence-electron chi connectivity index (χ4n) is 5.00. The standard InChI is InChI=1S/C42H51N7O5/c1-5-31(2)39(46-36-18-16-35(17-19-36)41(52)49(4)30-33-12-8-6-9-13-33)48-42(47-37-20-22-38(50)23-21-37)45-32(3)43-24-26-53-28-29-54-27-25-44-40(51)34-14-10-7-11-15-34/h6-23,46,50H,5,24-30H2,1-4H3,(H,44,51)(H2,43,45,47,48). The van der Waals surface area contributed by atoms with E-state index in [2.05, 4.69) is 33.2 Å². The molecule has 0 atom stereocenters. The van der Waals surface area contributed by atoms with Gasteiger partial charge in [-0.15, -0.1) is 0 Å². The normalized spacial score (nSPS) is 12.1. The number of hydrogen-bond acceptors (Lipinski definition) is 8. The molecule has 0 saturated carbocycles. The first kappa shape index (κ1) is 40.8. The number of phenolic OH excluding ortho intramolecular Hbond substituents is 1. The molecule has 0 saturated heterocycles. The molecule has 0 aromatic heterocycles. The second-order valence-corrected chi connectivity index (χ2v) is 12.4. The highest BCUT2D eigenvalue weighted by atomic mass is 16.5. The number of amidine groups is 1. The minimum Gasteiger partial charge on any atom is -0.508 e. The molecule has 54 heavy (non-hydrogen) atoms. The van der Waals surface area contributed by atoms with Crippen LogP contribution in [0.1, 0.15) is 53.5 Å². The minimum absolute atomic E-state index is 0.0662. The number of aromatic hydroxyl groups is 1. The number of carbonyl (C=O) groups is 2. The van der Waals surface area contributed by atoms with E-state index in [1.165, 1.54) is 0 Å². The molecule has 0 bridgehead atoms. The fraction of sp³-hybridized carbons (Fsp3) is 0.286. The molecule has 0 aliphatic heterocycles. The van der Waals surface area contributed by atoms with Gasteiger partial charge >= 0.3 is 0 Å². The van der Waals surface area contributed by atoms with Gasteiger partial charge in [-0.25, -0.2) is 0 Å². The van der Waals surface area contributed by atoms with Gasteiger partial charge in [0, 0.05) is 42.6 Å². The largest absolute Gasteiger partial charge is 0.508 e. The van der Waals surface area contributed by atoms with E-state index in [1.807, 2.05) is 74.5 Å². The average molecular weight is 734 g/mol. The maximum atomic E-state index is 13.1. The number of guanidine groups is 1. The van der Waals surface area contributed by atoms with Gasteiger partial charge in [-0.05, 0) is 92.1 Å². The maximum absolute atomic E-state index is 13.1. The average Bonchev–Trinajstić information content (AvgIpc) is 3.19. The topological polar surface area (TPSA) is 149 Å². The Balaban J connectivity index is 1.31. The summed E-state index contributed by atoms with van der Waals surface area (Å²) >= 11 is 0. The summed E-state index contributed by atoms with van der Waals surface area (Å²) in [4.78, 5) is 36.4. The lowest BCUT2D eigenvalue weighted by molar-refractivity contribution is 0.0512. The van der Waals surface area contributed by atoms with Gasteiger partial charge in [0.2, 0.25) is 5.96 Å². The van der Waals surface area contributed by atoms with Crippen molar-refractivity contribution in [1.82, 2.24) is 15.5 Å². The molecule has 0 aliphatic carbocycles. The van der Waals surface area contributed by atoms with Crippen molar-refractivity contribution in [3.8, 4) is 5.75 Å². The smallest absolute Gasteiger partial charge is 0.253 e. The number of carbonyl (C=O) groups excluding carboxylic acids is 2. The van der Waals surface area contributed by atoms with Crippen LogP contribution in [0.4, 0.5) is 11.4 Å². The molecule has 0 heterocycles. The molecule has 0 fully saturated rings. The van der Waals surface area contributed by atoms with Gasteiger partial charge in [0.05, 0.1) is 38.8 Å². The van der Waals surface area contributed by atoms with E-state index >= 15 is 0 Å². The lowest BCUT2D eigenvalue weighted by Crippen LogP contribution is -2.35. The number of hydrogen-bond donors (Lipinski definition) is 5. The van der Waals surface area contributed by atoms with Crippen molar-refractivity contribution < 1.29 is 24.2 Å². The van der Waals surface area contributed by atoms with Crippen LogP contribution < -0.4 is 21.3 Å². The second kappa shape index (κ2) is 22.2. The number of amides is 2. The molecular formula is C42H51N7O5. The van der Waals surface area contributed by atoms with Crippen LogP contribution in [0.25, 0.3) is 0 Å². The van der Waals surface area contributed by atoms with Gasteiger partial charge in [0.25, 0.3) is 11.8 Å². The summed E-state index contributed by atoms with van der Waals surface area (Å²) in [7, 11) is 1.80. The van der Waals surface area contributed by atoms with Crippen LogP contribution in [0, 0.1) is 0 Å². The Bertz CT molecular complexity index is 1850. The SMILES string of the molecule is CCC(C)=C(/N=C(\NC(C)=NCCOCCOCCNC(=O)c1ccccc1)Nc1ccc(O)cc1)Nc1ccc(C(=O)N(C)Cc2ccccc2)cc1. The summed E-state index contributed by atoms with van der Waals surface area (Å²) in [6, 6.07) is 33.0. The summed E-state index contributed by atoms with van der Waals surface area (Å²) in [5.74, 6) is 1.62. The van der Waals surface area contributed by atoms with Crippen LogP contribution in [0.5, 0.6) is 5.75 Å². The van der Waals surface area contributed by atoms with Crippen molar-refractivity contribution in [3.05, 3.63) is 137 Å². The number of phenols is 1. The van der Waals surface area contributed by atoms with Crippen molar-refractivity contribution in [2.45, 2.75) is 33.7 Å². The van der Waals surface area contributed by atoms with E-state index in [1.54, 1.807) is 60.5 Å². The Labute approximate surface area is 318 Å². The number of allylic oxidation sites excluding steroid dienone is 1. The third-order valence-electron chi connectivity index (χ3n) is 8.12. The van der Waals surface area contributed by atoms with Crippen LogP contribution >= 0.6 is 0 Å². The molecule has 0 unspecified atom stereocenters. The van der Waals surface area contributed by atoms with Crippen LogP contribution in [0.3, 0.4) is 0 Å². The van der Waals surface area contributed by atoms with Crippen LogP contribution in [0.2, 0.25) is 0 Å². The molecule has 0 radical (unpaired) electrons. The fourth-order valence-corrected chi connectivity index (χ4v) is 5.00. The van der Waals surface area contributed by atoms with E-state index in [0.29, 0.717) is 80.5 Å². The monoisotopic (exact) mass is 733 g/mol. The third kappa shape index (κ3) is 14.2. The van der Waals surface area contributed by atoms with Crippen molar-refractivity contribution in [1.29, 1.82) is 0 Å². The van der Waals surface area contributed by atoms with Gasteiger partial charge < -0.3 is 40.7 Å². The molecule has 4 aromatic rings. The van der Waals surface area contributed by atoms with E-state index in [4.69, 9.17) is 14.5 Å². The van der Waals surface area contributed by atoms with Gasteiger partial charge in [-0.2, -0.15) is 4.99 Å². The van der Waals surface area contributed by atoms with Gasteiger partial charge in [0.15, 0.2) is 0 Å². The zero-order chi connectivity index (χ0) is 38.5. The zero-order valence-corrected chi connectivity index (χ0v) is 31.5. The molecule has 4 aromatic carbocycles. The quantitative estimate of drug-likeness (QED) is 0.0330. The molecule has 0 aliphatic rings. The van der Waals surface area contributed by atoms with Crippen LogP contribution in [0.15, 0.2) is 131 Å².